The topological polar surface area (TPSA) is 126 Å². The Balaban J connectivity index is 1.18. The molecule has 2 amide bonds. The molecule has 4 N–H and O–H groups in total. The summed E-state index contributed by atoms with van der Waals surface area (Å²) in [5, 5.41) is 11.9. The number of nitrogens with zero attached hydrogens (tertiary/aromatic N) is 2. The molecule has 8 heteroatoms. The minimum atomic E-state index is -1.01. The zero-order valence-corrected chi connectivity index (χ0v) is 16.9. The van der Waals surface area contributed by atoms with E-state index in [0.29, 0.717) is 48.8 Å². The van der Waals surface area contributed by atoms with E-state index in [1.165, 1.54) is 18.2 Å². The van der Waals surface area contributed by atoms with Crippen molar-refractivity contribution in [2.24, 2.45) is 17.8 Å². The van der Waals surface area contributed by atoms with Gasteiger partial charge < -0.3 is 21.1 Å². The number of carbonyl (C=O) groups is 3. The highest BCUT2D eigenvalue weighted by atomic mass is 16.4. The Labute approximate surface area is 179 Å². The van der Waals surface area contributed by atoms with Crippen LogP contribution in [0.1, 0.15) is 32.7 Å². The fraction of sp³-hybridized carbons (Fsp3) is 0.304. The van der Waals surface area contributed by atoms with Gasteiger partial charge in [-0.1, -0.05) is 0 Å². The smallest absolute Gasteiger partial charge is 0.335 e. The zero-order chi connectivity index (χ0) is 22.0. The summed E-state index contributed by atoms with van der Waals surface area (Å²) < 4.78 is 0. The molecule has 2 aromatic rings. The van der Waals surface area contributed by atoms with Gasteiger partial charge in [-0.05, 0) is 72.2 Å². The first-order chi connectivity index (χ1) is 14.9. The molecule has 1 unspecified atom stereocenters. The van der Waals surface area contributed by atoms with Crippen molar-refractivity contribution in [3.63, 3.8) is 0 Å². The molecule has 1 aliphatic heterocycles. The number of likely N-dealkylation sites (tertiary alicyclic amines) is 1. The number of piperidine rings is 1. The molecule has 1 saturated heterocycles. The summed E-state index contributed by atoms with van der Waals surface area (Å²) in [5.41, 5.74) is 7.03. The van der Waals surface area contributed by atoms with Crippen molar-refractivity contribution >= 4 is 29.7 Å². The molecule has 2 fully saturated rings. The highest BCUT2D eigenvalue weighted by Crippen LogP contribution is 2.53. The van der Waals surface area contributed by atoms with Crippen LogP contribution in [0.2, 0.25) is 0 Å². The molecule has 1 aliphatic carbocycles. The first-order valence-electron chi connectivity index (χ1n) is 10.2. The SMILES string of the molecule is Nc1ccc(/C=C/C(=O)NCCC2[C@H]3CN(C(=O)c4ccc(C(=O)O)cc4)C[C@@H]23)cn1. The second-order valence-electron chi connectivity index (χ2n) is 8.01. The van der Waals surface area contributed by atoms with E-state index in [-0.39, 0.29) is 17.4 Å². The molecule has 4 rings (SSSR count). The Kier molecular flexibility index (Phi) is 5.70. The number of benzene rings is 1. The number of carboxylic acids is 1. The molecule has 0 spiro atoms. The lowest BCUT2D eigenvalue weighted by atomic mass is 10.1. The van der Waals surface area contributed by atoms with Crippen molar-refractivity contribution in [2.45, 2.75) is 6.42 Å². The molecule has 1 saturated carbocycles. The first-order valence-corrected chi connectivity index (χ1v) is 10.2. The number of amides is 2. The minimum absolute atomic E-state index is 0.0570. The fourth-order valence-corrected chi connectivity index (χ4v) is 4.29. The molecule has 0 bridgehead atoms. The van der Waals surface area contributed by atoms with Crippen LogP contribution in [0.3, 0.4) is 0 Å². The van der Waals surface area contributed by atoms with E-state index >= 15 is 0 Å². The summed E-state index contributed by atoms with van der Waals surface area (Å²) in [6, 6.07) is 9.52. The third-order valence-electron chi connectivity index (χ3n) is 6.05. The van der Waals surface area contributed by atoms with E-state index in [2.05, 4.69) is 10.3 Å². The quantitative estimate of drug-likeness (QED) is 0.588. The van der Waals surface area contributed by atoms with Gasteiger partial charge in [0.1, 0.15) is 5.82 Å². The second kappa shape index (κ2) is 8.59. The number of fused-ring (bicyclic) bond motifs is 1. The summed E-state index contributed by atoms with van der Waals surface area (Å²) in [6.07, 6.45) is 5.68. The minimum Gasteiger partial charge on any atom is -0.478 e. The maximum Gasteiger partial charge on any atom is 0.335 e. The van der Waals surface area contributed by atoms with E-state index in [1.807, 2.05) is 4.90 Å². The van der Waals surface area contributed by atoms with E-state index < -0.39 is 5.97 Å². The second-order valence-corrected chi connectivity index (χ2v) is 8.01. The van der Waals surface area contributed by atoms with Gasteiger partial charge in [-0.15, -0.1) is 0 Å². The number of nitrogen functional groups attached to an aromatic ring is 1. The monoisotopic (exact) mass is 420 g/mol. The predicted molar refractivity (Wildman–Crippen MR) is 115 cm³/mol. The Morgan fingerprint density at radius 1 is 1.10 bits per heavy atom. The van der Waals surface area contributed by atoms with Crippen LogP contribution in [0.4, 0.5) is 5.82 Å². The lowest BCUT2D eigenvalue weighted by molar-refractivity contribution is -0.116. The van der Waals surface area contributed by atoms with Crippen LogP contribution in [0.15, 0.2) is 48.7 Å². The molecule has 1 aromatic heterocycles. The number of aromatic carboxylic acids is 1. The molecule has 31 heavy (non-hydrogen) atoms. The maximum absolute atomic E-state index is 12.6. The van der Waals surface area contributed by atoms with Crippen LogP contribution in [0.5, 0.6) is 0 Å². The van der Waals surface area contributed by atoms with Crippen LogP contribution >= 0.6 is 0 Å². The summed E-state index contributed by atoms with van der Waals surface area (Å²) in [4.78, 5) is 41.3. The molecule has 8 nitrogen and oxygen atoms in total. The number of carboxylic acid groups (broad SMARTS) is 1. The van der Waals surface area contributed by atoms with Crippen LogP contribution in [-0.2, 0) is 4.79 Å². The van der Waals surface area contributed by atoms with Gasteiger partial charge in [-0.25, -0.2) is 9.78 Å². The van der Waals surface area contributed by atoms with Crippen molar-refractivity contribution in [1.29, 1.82) is 0 Å². The number of nitrogens with one attached hydrogen (secondary N) is 1. The molecular formula is C23H24N4O4. The number of pyridine rings is 1. The molecule has 2 aliphatic rings. The molecule has 1 aromatic carbocycles. The highest BCUT2D eigenvalue weighted by molar-refractivity contribution is 5.96. The fourth-order valence-electron chi connectivity index (χ4n) is 4.29. The first kappa shape index (κ1) is 20.6. The highest BCUT2D eigenvalue weighted by Gasteiger charge is 2.55. The summed E-state index contributed by atoms with van der Waals surface area (Å²) in [7, 11) is 0. The van der Waals surface area contributed by atoms with Crippen LogP contribution in [0.25, 0.3) is 6.08 Å². The normalized spacial score (nSPS) is 21.7. The van der Waals surface area contributed by atoms with Crippen molar-refractivity contribution in [3.8, 4) is 0 Å². The Hall–Kier alpha value is -3.68. The van der Waals surface area contributed by atoms with Gasteiger partial charge in [0.25, 0.3) is 5.91 Å². The van der Waals surface area contributed by atoms with E-state index in [4.69, 9.17) is 10.8 Å². The molecule has 3 atom stereocenters. The Bertz CT molecular complexity index is 1000. The maximum atomic E-state index is 12.6. The van der Waals surface area contributed by atoms with Gasteiger partial charge in [0, 0.05) is 37.5 Å². The number of hydrogen-bond donors (Lipinski definition) is 3. The molecule has 2 heterocycles. The number of aromatic nitrogens is 1. The largest absolute Gasteiger partial charge is 0.478 e. The summed E-state index contributed by atoms with van der Waals surface area (Å²) in [6.45, 7) is 2.03. The van der Waals surface area contributed by atoms with Crippen LogP contribution in [0, 0.1) is 17.8 Å². The van der Waals surface area contributed by atoms with Crippen molar-refractivity contribution in [3.05, 3.63) is 65.4 Å². The number of carbonyl (C=O) groups excluding carboxylic acids is 2. The molecule has 0 radical (unpaired) electrons. The Morgan fingerprint density at radius 3 is 2.39 bits per heavy atom. The van der Waals surface area contributed by atoms with Gasteiger partial charge in [0.15, 0.2) is 0 Å². The van der Waals surface area contributed by atoms with Gasteiger partial charge >= 0.3 is 5.97 Å². The summed E-state index contributed by atoms with van der Waals surface area (Å²) >= 11 is 0. The van der Waals surface area contributed by atoms with Gasteiger partial charge in [0.05, 0.1) is 5.56 Å². The van der Waals surface area contributed by atoms with E-state index in [9.17, 15) is 14.4 Å². The van der Waals surface area contributed by atoms with E-state index in [1.54, 1.807) is 36.5 Å². The average Bonchev–Trinajstić information content (AvgIpc) is 3.21. The number of nitrogens with two attached hydrogens (primary N) is 1. The average molecular weight is 420 g/mol. The van der Waals surface area contributed by atoms with Crippen molar-refractivity contribution in [1.82, 2.24) is 15.2 Å². The third-order valence-corrected chi connectivity index (χ3v) is 6.05. The lowest BCUT2D eigenvalue weighted by Gasteiger charge is -2.20. The van der Waals surface area contributed by atoms with Crippen LogP contribution in [-0.4, -0.2) is 52.4 Å². The van der Waals surface area contributed by atoms with E-state index in [0.717, 1.165) is 12.0 Å². The number of rotatable bonds is 7. The standard InChI is InChI=1S/C23H24N4O4/c24-20-7-1-14(11-26-20)2-8-21(28)25-10-9-17-18-12-27(13-19(17)18)22(29)15-3-5-16(6-4-15)23(30)31/h1-8,11,17-19H,9-10,12-13H2,(H2,24,26)(H,25,28)(H,30,31)/b8-2+/t17?,18-,19+. The molecular weight excluding hydrogens is 396 g/mol. The number of anilines is 1. The van der Waals surface area contributed by atoms with Crippen molar-refractivity contribution in [2.75, 3.05) is 25.4 Å². The Morgan fingerprint density at radius 2 is 1.77 bits per heavy atom. The van der Waals surface area contributed by atoms with Gasteiger partial charge in [0.2, 0.25) is 5.91 Å². The zero-order valence-electron chi connectivity index (χ0n) is 16.9. The lowest BCUT2D eigenvalue weighted by Crippen LogP contribution is -2.32. The summed E-state index contributed by atoms with van der Waals surface area (Å²) in [5.74, 6) is 0.722. The number of hydrogen-bond acceptors (Lipinski definition) is 5. The third kappa shape index (κ3) is 4.74. The van der Waals surface area contributed by atoms with Crippen LogP contribution < -0.4 is 11.1 Å². The molecule has 160 valence electrons. The van der Waals surface area contributed by atoms with Crippen molar-refractivity contribution < 1.29 is 19.5 Å². The predicted octanol–water partition coefficient (Wildman–Crippen LogP) is 1.90. The van der Waals surface area contributed by atoms with Gasteiger partial charge in [-0.2, -0.15) is 0 Å². The van der Waals surface area contributed by atoms with Gasteiger partial charge in [-0.3, -0.25) is 9.59 Å².